The van der Waals surface area contributed by atoms with Gasteiger partial charge in [0.05, 0.1) is 16.3 Å². The molecule has 1 atom stereocenters. The first-order valence-electron chi connectivity index (χ1n) is 5.88. The maximum Gasteiger partial charge on any atom is 0.352 e. The van der Waals surface area contributed by atoms with Gasteiger partial charge in [-0.1, -0.05) is 0 Å². The van der Waals surface area contributed by atoms with Crippen LogP contribution in [0.5, 0.6) is 0 Å². The molecule has 0 bridgehead atoms. The summed E-state index contributed by atoms with van der Waals surface area (Å²) in [5.74, 6) is -1.32. The Labute approximate surface area is 119 Å². The molecule has 1 heterocycles. The number of carbonyl (C=O) groups is 2. The fourth-order valence-corrected chi connectivity index (χ4v) is 1.99. The topological polar surface area (TPSA) is 125 Å². The van der Waals surface area contributed by atoms with Crippen LogP contribution in [0.3, 0.4) is 0 Å². The second kappa shape index (κ2) is 5.19. The number of hydrogen-bond donors (Lipinski definition) is 2. The van der Waals surface area contributed by atoms with Crippen LogP contribution in [0.15, 0.2) is 17.1 Å². The van der Waals surface area contributed by atoms with Crippen molar-refractivity contribution < 1.29 is 19.6 Å². The third kappa shape index (κ3) is 2.53. The van der Waals surface area contributed by atoms with Crippen molar-refractivity contribution in [1.29, 1.82) is 0 Å². The zero-order chi connectivity index (χ0) is 15.7. The molecule has 1 aromatic rings. The molecular formula is C12H12N4O5. The molecule has 0 radical (unpaired) electrons. The van der Waals surface area contributed by atoms with E-state index in [0.29, 0.717) is 12.0 Å². The lowest BCUT2D eigenvalue weighted by atomic mass is 10.1. The number of benzene rings is 1. The number of carboxylic acid groups (broad SMARTS) is 1. The highest BCUT2D eigenvalue weighted by molar-refractivity contribution is 6.42. The first-order valence-corrected chi connectivity index (χ1v) is 5.88. The molecule has 2 N–H and O–H groups in total. The monoisotopic (exact) mass is 292 g/mol. The van der Waals surface area contributed by atoms with Crippen molar-refractivity contribution >= 4 is 40.7 Å². The molecule has 2 rings (SSSR count). The summed E-state index contributed by atoms with van der Waals surface area (Å²) in [7, 11) is 3.25. The number of nitrogens with zero attached hydrogens (tertiary/aromatic N) is 3. The van der Waals surface area contributed by atoms with Crippen LogP contribution in [0.25, 0.3) is 0 Å². The Morgan fingerprint density at radius 3 is 2.67 bits per heavy atom. The molecular weight excluding hydrogens is 280 g/mol. The van der Waals surface area contributed by atoms with Crippen molar-refractivity contribution in [2.75, 3.05) is 24.3 Å². The van der Waals surface area contributed by atoms with Crippen molar-refractivity contribution in [1.82, 2.24) is 0 Å². The van der Waals surface area contributed by atoms with Crippen molar-refractivity contribution in [2.45, 2.75) is 6.04 Å². The summed E-state index contributed by atoms with van der Waals surface area (Å²) in [6.45, 7) is 0. The summed E-state index contributed by atoms with van der Waals surface area (Å²) < 4.78 is 0. The van der Waals surface area contributed by atoms with E-state index in [2.05, 4.69) is 10.3 Å². The SMILES string of the molecule is CN(C)c1cc2c(cc1[N+](=O)[O-])NC(C=O)C(C(=O)O)=N2. The number of carbonyl (C=O) groups excluding carboxylic acids is 1. The van der Waals surface area contributed by atoms with Crippen LogP contribution in [0.2, 0.25) is 0 Å². The van der Waals surface area contributed by atoms with Crippen LogP contribution in [-0.2, 0) is 9.59 Å². The minimum atomic E-state index is -1.32. The van der Waals surface area contributed by atoms with E-state index >= 15 is 0 Å². The Bertz CT molecular complexity index is 668. The van der Waals surface area contributed by atoms with Gasteiger partial charge in [-0.3, -0.25) is 10.1 Å². The Morgan fingerprint density at radius 2 is 2.19 bits per heavy atom. The highest BCUT2D eigenvalue weighted by Crippen LogP contribution is 2.39. The van der Waals surface area contributed by atoms with Gasteiger partial charge in [-0.25, -0.2) is 9.79 Å². The molecule has 0 amide bonds. The highest BCUT2D eigenvalue weighted by atomic mass is 16.6. The fourth-order valence-electron chi connectivity index (χ4n) is 1.99. The second-order valence-electron chi connectivity index (χ2n) is 4.57. The first kappa shape index (κ1) is 14.4. The van der Waals surface area contributed by atoms with Gasteiger partial charge in [0.2, 0.25) is 0 Å². The molecule has 1 unspecified atom stereocenters. The maximum absolute atomic E-state index is 11.1. The number of aliphatic imine (C=N–C) groups is 1. The van der Waals surface area contributed by atoms with E-state index in [-0.39, 0.29) is 22.8 Å². The average molecular weight is 292 g/mol. The number of rotatable bonds is 4. The molecule has 0 aliphatic carbocycles. The number of hydrogen-bond acceptors (Lipinski definition) is 7. The molecule has 0 saturated carbocycles. The van der Waals surface area contributed by atoms with Gasteiger partial charge in [-0.05, 0) is 6.07 Å². The molecule has 0 aromatic heterocycles. The van der Waals surface area contributed by atoms with E-state index in [1.165, 1.54) is 17.0 Å². The van der Waals surface area contributed by atoms with E-state index < -0.39 is 16.9 Å². The van der Waals surface area contributed by atoms with Gasteiger partial charge < -0.3 is 20.1 Å². The number of nitrogens with one attached hydrogen (secondary N) is 1. The van der Waals surface area contributed by atoms with Crippen LogP contribution >= 0.6 is 0 Å². The van der Waals surface area contributed by atoms with E-state index in [9.17, 15) is 19.7 Å². The van der Waals surface area contributed by atoms with Gasteiger partial charge in [-0.2, -0.15) is 0 Å². The van der Waals surface area contributed by atoms with E-state index in [0.717, 1.165) is 0 Å². The van der Waals surface area contributed by atoms with E-state index in [1.807, 2.05) is 0 Å². The number of aliphatic carboxylic acids is 1. The summed E-state index contributed by atoms with van der Waals surface area (Å²) in [5.41, 5.74) is 0.258. The smallest absolute Gasteiger partial charge is 0.352 e. The van der Waals surface area contributed by atoms with Crippen molar-refractivity contribution in [3.05, 3.63) is 22.2 Å². The zero-order valence-electron chi connectivity index (χ0n) is 11.2. The normalized spacial score (nSPS) is 16.3. The summed E-state index contributed by atoms with van der Waals surface area (Å²) in [4.78, 5) is 38.0. The van der Waals surface area contributed by atoms with Crippen LogP contribution in [0.4, 0.5) is 22.7 Å². The third-order valence-corrected chi connectivity index (χ3v) is 2.97. The molecule has 0 fully saturated rings. The Balaban J connectivity index is 2.65. The molecule has 9 heteroatoms. The number of aldehydes is 1. The Hall–Kier alpha value is -2.97. The lowest BCUT2D eigenvalue weighted by Gasteiger charge is -2.22. The van der Waals surface area contributed by atoms with E-state index in [1.54, 1.807) is 14.1 Å². The van der Waals surface area contributed by atoms with Gasteiger partial charge >= 0.3 is 5.97 Å². The van der Waals surface area contributed by atoms with Crippen molar-refractivity contribution in [3.8, 4) is 0 Å². The summed E-state index contributed by atoms with van der Waals surface area (Å²) in [6.07, 6.45) is 0.390. The van der Waals surface area contributed by atoms with Gasteiger partial charge in [0.15, 0.2) is 5.71 Å². The fraction of sp³-hybridized carbons (Fsp3) is 0.250. The minimum Gasteiger partial charge on any atom is -0.477 e. The van der Waals surface area contributed by atoms with E-state index in [4.69, 9.17) is 5.11 Å². The number of nitro benzene ring substituents is 1. The van der Waals surface area contributed by atoms with Crippen LogP contribution in [0, 0.1) is 10.1 Å². The lowest BCUT2D eigenvalue weighted by Crippen LogP contribution is -2.38. The predicted molar refractivity (Wildman–Crippen MR) is 75.6 cm³/mol. The highest BCUT2D eigenvalue weighted by Gasteiger charge is 2.30. The number of carboxylic acids is 1. The number of fused-ring (bicyclic) bond motifs is 1. The van der Waals surface area contributed by atoms with Crippen molar-refractivity contribution in [2.24, 2.45) is 4.99 Å². The Kier molecular flexibility index (Phi) is 3.57. The molecule has 1 aliphatic rings. The lowest BCUT2D eigenvalue weighted by molar-refractivity contribution is -0.384. The molecule has 0 spiro atoms. The summed E-state index contributed by atoms with van der Waals surface area (Å²) >= 11 is 0. The maximum atomic E-state index is 11.1. The largest absolute Gasteiger partial charge is 0.477 e. The van der Waals surface area contributed by atoms with Gasteiger partial charge in [-0.15, -0.1) is 0 Å². The summed E-state index contributed by atoms with van der Waals surface area (Å²) in [5, 5.41) is 22.8. The predicted octanol–water partition coefficient (Wildman–Crippen LogP) is 0.811. The van der Waals surface area contributed by atoms with Crippen LogP contribution in [0.1, 0.15) is 0 Å². The molecule has 0 saturated heterocycles. The van der Waals surface area contributed by atoms with Crippen molar-refractivity contribution in [3.63, 3.8) is 0 Å². The average Bonchev–Trinajstić information content (AvgIpc) is 2.43. The van der Waals surface area contributed by atoms with Gasteiger partial charge in [0, 0.05) is 20.2 Å². The molecule has 1 aromatic carbocycles. The summed E-state index contributed by atoms with van der Waals surface area (Å²) in [6, 6.07) is 1.51. The zero-order valence-corrected chi connectivity index (χ0v) is 11.2. The molecule has 21 heavy (non-hydrogen) atoms. The number of nitro groups is 1. The van der Waals surface area contributed by atoms with Gasteiger partial charge in [0.1, 0.15) is 18.0 Å². The molecule has 110 valence electrons. The van der Waals surface area contributed by atoms with Crippen LogP contribution < -0.4 is 10.2 Å². The van der Waals surface area contributed by atoms with Crippen LogP contribution in [-0.4, -0.2) is 48.1 Å². The number of anilines is 2. The standard InChI is InChI=1S/C12H12N4O5/c1-15(2)9-3-7-6(4-10(9)16(20)21)13-8(5-17)11(14-7)12(18)19/h3-5,8,13H,1-2H3,(H,18,19). The first-order chi connectivity index (χ1) is 9.85. The molecule has 9 nitrogen and oxygen atoms in total. The third-order valence-electron chi connectivity index (χ3n) is 2.97. The van der Waals surface area contributed by atoms with Gasteiger partial charge in [0.25, 0.3) is 5.69 Å². The second-order valence-corrected chi connectivity index (χ2v) is 4.57. The minimum absolute atomic E-state index is 0.162. The Morgan fingerprint density at radius 1 is 1.52 bits per heavy atom. The molecule has 1 aliphatic heterocycles. The quantitative estimate of drug-likeness (QED) is 0.478.